The van der Waals surface area contributed by atoms with E-state index in [9.17, 15) is 0 Å². The van der Waals surface area contributed by atoms with Crippen molar-refractivity contribution in [2.45, 2.75) is 38.6 Å². The summed E-state index contributed by atoms with van der Waals surface area (Å²) in [6.07, 6.45) is 8.48. The molecular weight excluding hydrogens is 172 g/mol. The quantitative estimate of drug-likeness (QED) is 0.776. The Balaban J connectivity index is 2.04. The van der Waals surface area contributed by atoms with E-state index in [4.69, 9.17) is 5.73 Å². The van der Waals surface area contributed by atoms with Gasteiger partial charge in [0.25, 0.3) is 0 Å². The van der Waals surface area contributed by atoms with E-state index in [1.54, 1.807) is 0 Å². The minimum absolute atomic E-state index is 0.417. The molecule has 1 heterocycles. The van der Waals surface area contributed by atoms with E-state index in [0.29, 0.717) is 11.5 Å². The van der Waals surface area contributed by atoms with Crippen molar-refractivity contribution in [3.05, 3.63) is 30.1 Å². The lowest BCUT2D eigenvalue weighted by atomic mass is 9.82. The molecule has 2 rings (SSSR count). The molecule has 2 atom stereocenters. The van der Waals surface area contributed by atoms with E-state index in [0.717, 1.165) is 12.8 Å². The van der Waals surface area contributed by atoms with E-state index in [1.165, 1.54) is 18.4 Å². The number of aromatic nitrogens is 1. The highest BCUT2D eigenvalue weighted by Gasteiger charge is 2.33. The van der Waals surface area contributed by atoms with Gasteiger partial charge in [0, 0.05) is 18.4 Å². The Hall–Kier alpha value is -0.890. The maximum Gasteiger partial charge on any atom is 0.0270 e. The predicted octanol–water partition coefficient (Wildman–Crippen LogP) is 2.14. The molecule has 1 aromatic rings. The summed E-state index contributed by atoms with van der Waals surface area (Å²) in [4.78, 5) is 4.03. The monoisotopic (exact) mass is 190 g/mol. The molecule has 0 aromatic carbocycles. The lowest BCUT2D eigenvalue weighted by molar-refractivity contribution is 0.329. The third-order valence-corrected chi connectivity index (χ3v) is 3.25. The van der Waals surface area contributed by atoms with Crippen molar-refractivity contribution in [3.63, 3.8) is 0 Å². The second-order valence-corrected chi connectivity index (χ2v) is 4.85. The van der Waals surface area contributed by atoms with Crippen molar-refractivity contribution >= 4 is 0 Å². The molecule has 1 aliphatic carbocycles. The summed E-state index contributed by atoms with van der Waals surface area (Å²) < 4.78 is 0. The molecule has 2 nitrogen and oxygen atoms in total. The zero-order valence-electron chi connectivity index (χ0n) is 8.74. The fraction of sp³-hybridized carbons (Fsp3) is 0.583. The largest absolute Gasteiger partial charge is 0.328 e. The van der Waals surface area contributed by atoms with Crippen LogP contribution in [0.3, 0.4) is 0 Å². The summed E-state index contributed by atoms with van der Waals surface area (Å²) in [6.45, 7) is 2.35. The van der Waals surface area contributed by atoms with Crippen molar-refractivity contribution in [1.82, 2.24) is 4.98 Å². The average molecular weight is 190 g/mol. The van der Waals surface area contributed by atoms with E-state index >= 15 is 0 Å². The number of rotatable bonds is 2. The van der Waals surface area contributed by atoms with Crippen molar-refractivity contribution in [3.8, 4) is 0 Å². The summed E-state index contributed by atoms with van der Waals surface area (Å²) in [5.41, 5.74) is 7.75. The van der Waals surface area contributed by atoms with Gasteiger partial charge in [-0.25, -0.2) is 0 Å². The molecule has 1 aliphatic rings. The van der Waals surface area contributed by atoms with Gasteiger partial charge in [-0.2, -0.15) is 0 Å². The number of nitrogens with two attached hydrogens (primary N) is 1. The second-order valence-electron chi connectivity index (χ2n) is 4.85. The summed E-state index contributed by atoms with van der Waals surface area (Å²) in [5, 5.41) is 0. The summed E-state index contributed by atoms with van der Waals surface area (Å²) >= 11 is 0. The van der Waals surface area contributed by atoms with Gasteiger partial charge in [-0.15, -0.1) is 0 Å². The fourth-order valence-corrected chi connectivity index (χ4v) is 2.52. The molecular formula is C12H18N2. The minimum Gasteiger partial charge on any atom is -0.328 e. The Morgan fingerprint density at radius 1 is 1.50 bits per heavy atom. The Kier molecular flexibility index (Phi) is 2.55. The van der Waals surface area contributed by atoms with Crippen LogP contribution >= 0.6 is 0 Å². The van der Waals surface area contributed by atoms with Gasteiger partial charge >= 0.3 is 0 Å². The molecule has 2 unspecified atom stereocenters. The first-order valence-corrected chi connectivity index (χ1v) is 5.32. The first-order chi connectivity index (χ1) is 6.68. The number of pyridine rings is 1. The minimum atomic E-state index is 0.417. The van der Waals surface area contributed by atoms with E-state index in [-0.39, 0.29) is 0 Å². The van der Waals surface area contributed by atoms with Gasteiger partial charge in [0.1, 0.15) is 0 Å². The second kappa shape index (κ2) is 3.70. The molecule has 1 aromatic heterocycles. The topological polar surface area (TPSA) is 38.9 Å². The normalized spacial score (nSPS) is 32.0. The Morgan fingerprint density at radius 3 is 2.79 bits per heavy atom. The SMILES string of the molecule is CC1(Cc2ccncc2)CCC(N)C1. The zero-order valence-corrected chi connectivity index (χ0v) is 8.74. The Bertz CT molecular complexity index is 296. The zero-order chi connectivity index (χ0) is 10.0. The van der Waals surface area contributed by atoms with Gasteiger partial charge in [0.15, 0.2) is 0 Å². The van der Waals surface area contributed by atoms with Crippen LogP contribution in [-0.2, 0) is 6.42 Å². The number of nitrogens with zero attached hydrogens (tertiary/aromatic N) is 1. The van der Waals surface area contributed by atoms with Crippen molar-refractivity contribution < 1.29 is 0 Å². The summed E-state index contributed by atoms with van der Waals surface area (Å²) in [7, 11) is 0. The molecule has 14 heavy (non-hydrogen) atoms. The van der Waals surface area contributed by atoms with Crippen LogP contribution in [0.2, 0.25) is 0 Å². The highest BCUT2D eigenvalue weighted by molar-refractivity contribution is 5.13. The molecule has 76 valence electrons. The standard InChI is InChI=1S/C12H18N2/c1-12(5-2-11(13)9-12)8-10-3-6-14-7-4-10/h3-4,6-7,11H,2,5,8-9,13H2,1H3. The van der Waals surface area contributed by atoms with E-state index in [1.807, 2.05) is 12.4 Å². The predicted molar refractivity (Wildman–Crippen MR) is 57.9 cm³/mol. The number of hydrogen-bond acceptors (Lipinski definition) is 2. The smallest absolute Gasteiger partial charge is 0.0270 e. The third kappa shape index (κ3) is 2.13. The van der Waals surface area contributed by atoms with Crippen LogP contribution in [0.5, 0.6) is 0 Å². The Labute approximate surface area is 85.5 Å². The lowest BCUT2D eigenvalue weighted by Crippen LogP contribution is -2.21. The average Bonchev–Trinajstić information content (AvgIpc) is 2.47. The van der Waals surface area contributed by atoms with Gasteiger partial charge in [-0.1, -0.05) is 6.92 Å². The molecule has 1 saturated carbocycles. The molecule has 0 bridgehead atoms. The van der Waals surface area contributed by atoms with Crippen LogP contribution in [-0.4, -0.2) is 11.0 Å². The van der Waals surface area contributed by atoms with Crippen molar-refractivity contribution in [1.29, 1.82) is 0 Å². The molecule has 0 amide bonds. The van der Waals surface area contributed by atoms with Gasteiger partial charge in [-0.3, -0.25) is 4.98 Å². The van der Waals surface area contributed by atoms with Crippen LogP contribution in [0.25, 0.3) is 0 Å². The first kappa shape index (κ1) is 9.66. The van der Waals surface area contributed by atoms with Crippen molar-refractivity contribution in [2.75, 3.05) is 0 Å². The summed E-state index contributed by atoms with van der Waals surface area (Å²) in [5.74, 6) is 0. The van der Waals surface area contributed by atoms with Crippen LogP contribution in [0.1, 0.15) is 31.7 Å². The maximum atomic E-state index is 5.95. The molecule has 1 fully saturated rings. The van der Waals surface area contributed by atoms with Crippen molar-refractivity contribution in [2.24, 2.45) is 11.1 Å². The lowest BCUT2D eigenvalue weighted by Gasteiger charge is -2.23. The van der Waals surface area contributed by atoms with Crippen LogP contribution < -0.4 is 5.73 Å². The van der Waals surface area contributed by atoms with Crippen LogP contribution in [0.15, 0.2) is 24.5 Å². The third-order valence-electron chi connectivity index (χ3n) is 3.25. The van der Waals surface area contributed by atoms with E-state index < -0.39 is 0 Å². The van der Waals surface area contributed by atoms with Crippen LogP contribution in [0.4, 0.5) is 0 Å². The number of hydrogen-bond donors (Lipinski definition) is 1. The van der Waals surface area contributed by atoms with Gasteiger partial charge in [0.2, 0.25) is 0 Å². The van der Waals surface area contributed by atoms with Gasteiger partial charge in [-0.05, 0) is 48.8 Å². The fourth-order valence-electron chi connectivity index (χ4n) is 2.52. The van der Waals surface area contributed by atoms with Gasteiger partial charge in [0.05, 0.1) is 0 Å². The molecule has 0 radical (unpaired) electrons. The van der Waals surface area contributed by atoms with Gasteiger partial charge < -0.3 is 5.73 Å². The van der Waals surface area contributed by atoms with E-state index in [2.05, 4.69) is 24.0 Å². The molecule has 0 spiro atoms. The Morgan fingerprint density at radius 2 is 2.21 bits per heavy atom. The highest BCUT2D eigenvalue weighted by Crippen LogP contribution is 2.39. The maximum absolute atomic E-state index is 5.95. The first-order valence-electron chi connectivity index (χ1n) is 5.32. The molecule has 0 saturated heterocycles. The highest BCUT2D eigenvalue weighted by atomic mass is 14.7. The summed E-state index contributed by atoms with van der Waals surface area (Å²) in [6, 6.07) is 4.63. The van der Waals surface area contributed by atoms with Crippen LogP contribution in [0, 0.1) is 5.41 Å². The molecule has 2 N–H and O–H groups in total. The molecule has 2 heteroatoms. The molecule has 0 aliphatic heterocycles.